The molecule has 0 aliphatic heterocycles. The molecule has 146 valence electrons. The summed E-state index contributed by atoms with van der Waals surface area (Å²) >= 11 is 0. The number of rotatable bonds is 7. The average molecular weight is 389 g/mol. The Labute approximate surface area is 178 Å². The van der Waals surface area contributed by atoms with Crippen LogP contribution >= 0.6 is 0 Å². The second kappa shape index (κ2) is 9.94. The predicted octanol–water partition coefficient (Wildman–Crippen LogP) is 7.52. The van der Waals surface area contributed by atoms with E-state index in [9.17, 15) is 0 Å². The van der Waals surface area contributed by atoms with Crippen molar-refractivity contribution < 1.29 is 0 Å². The quantitative estimate of drug-likeness (QED) is 0.342. The second-order valence-corrected chi connectivity index (χ2v) is 6.93. The molecule has 0 bridgehead atoms. The van der Waals surface area contributed by atoms with Crippen LogP contribution in [0, 0.1) is 0 Å². The number of hydrogen-bond acceptors (Lipinski definition) is 2. The molecule has 2 N–H and O–H groups in total. The smallest absolute Gasteiger partial charge is 0.0380 e. The van der Waals surface area contributed by atoms with Gasteiger partial charge in [-0.25, -0.2) is 0 Å². The minimum Gasteiger partial charge on any atom is -0.362 e. The number of benzene rings is 4. The van der Waals surface area contributed by atoms with Crippen molar-refractivity contribution in [3.63, 3.8) is 0 Å². The molecule has 0 fully saturated rings. The second-order valence-electron chi connectivity index (χ2n) is 6.93. The van der Waals surface area contributed by atoms with Gasteiger partial charge in [0.1, 0.15) is 0 Å². The van der Waals surface area contributed by atoms with Crippen LogP contribution in [-0.2, 0) is 0 Å². The van der Waals surface area contributed by atoms with Gasteiger partial charge in [0.05, 0.1) is 0 Å². The van der Waals surface area contributed by atoms with Gasteiger partial charge in [-0.1, -0.05) is 84.9 Å². The molecule has 0 saturated heterocycles. The largest absolute Gasteiger partial charge is 0.362 e. The molecule has 0 aliphatic carbocycles. The van der Waals surface area contributed by atoms with Gasteiger partial charge in [-0.15, -0.1) is 0 Å². The first-order valence-electron chi connectivity index (χ1n) is 10.0. The van der Waals surface area contributed by atoms with E-state index in [1.165, 1.54) is 22.3 Å². The number of hydrogen-bond donors (Lipinski definition) is 2. The fraction of sp³-hybridized carbons (Fsp3) is 0. The molecule has 4 rings (SSSR count). The fourth-order valence-electron chi connectivity index (χ4n) is 3.11. The third kappa shape index (κ3) is 5.49. The van der Waals surface area contributed by atoms with Crippen molar-refractivity contribution in [1.82, 2.24) is 0 Å². The molecule has 0 unspecified atom stereocenters. The van der Waals surface area contributed by atoms with E-state index in [4.69, 9.17) is 0 Å². The molecule has 0 amide bonds. The van der Waals surface area contributed by atoms with Crippen molar-refractivity contribution in [2.24, 2.45) is 0 Å². The summed E-state index contributed by atoms with van der Waals surface area (Å²) in [5.74, 6) is 0. The van der Waals surface area contributed by atoms with E-state index < -0.39 is 0 Å². The molecule has 30 heavy (non-hydrogen) atoms. The lowest BCUT2D eigenvalue weighted by Gasteiger charge is -2.06. The summed E-state index contributed by atoms with van der Waals surface area (Å²) in [6, 6.07) is 37.4. The lowest BCUT2D eigenvalue weighted by Crippen LogP contribution is -1.88. The summed E-state index contributed by atoms with van der Waals surface area (Å²) in [6.07, 6.45) is 8.05. The Kier molecular flexibility index (Phi) is 6.39. The van der Waals surface area contributed by atoms with Gasteiger partial charge in [-0.2, -0.15) is 0 Å². The van der Waals surface area contributed by atoms with Crippen LogP contribution in [-0.4, -0.2) is 0 Å². The highest BCUT2D eigenvalue weighted by molar-refractivity contribution is 5.69. The van der Waals surface area contributed by atoms with Crippen LogP contribution in [0.25, 0.3) is 23.3 Å². The zero-order valence-corrected chi connectivity index (χ0v) is 16.7. The van der Waals surface area contributed by atoms with Gasteiger partial charge >= 0.3 is 0 Å². The summed E-state index contributed by atoms with van der Waals surface area (Å²) in [7, 11) is 0. The van der Waals surface area contributed by atoms with E-state index in [1.54, 1.807) is 0 Å². The van der Waals surface area contributed by atoms with Crippen molar-refractivity contribution in [2.75, 3.05) is 10.6 Å². The third-order valence-electron chi connectivity index (χ3n) is 4.75. The number of nitrogens with one attached hydrogen (secondary N) is 2. The SMILES string of the molecule is C(=Cc1ccccc1)Nc1ccc(-c2ccc(NC=Cc3ccccc3)cc2)cc1. The summed E-state index contributed by atoms with van der Waals surface area (Å²) in [4.78, 5) is 0. The highest BCUT2D eigenvalue weighted by Crippen LogP contribution is 2.23. The molecule has 0 aromatic heterocycles. The van der Waals surface area contributed by atoms with Crippen molar-refractivity contribution in [1.29, 1.82) is 0 Å². The van der Waals surface area contributed by atoms with Crippen molar-refractivity contribution >= 4 is 23.5 Å². The van der Waals surface area contributed by atoms with E-state index in [-0.39, 0.29) is 0 Å². The van der Waals surface area contributed by atoms with Crippen LogP contribution in [0.3, 0.4) is 0 Å². The maximum Gasteiger partial charge on any atom is 0.0380 e. The van der Waals surface area contributed by atoms with Crippen LogP contribution in [0.2, 0.25) is 0 Å². The summed E-state index contributed by atoms with van der Waals surface area (Å²) < 4.78 is 0. The Morgan fingerprint density at radius 3 is 1.13 bits per heavy atom. The molecule has 0 heterocycles. The van der Waals surface area contributed by atoms with E-state index >= 15 is 0 Å². The van der Waals surface area contributed by atoms with Gasteiger partial charge in [0.25, 0.3) is 0 Å². The maximum atomic E-state index is 3.32. The van der Waals surface area contributed by atoms with Gasteiger partial charge in [-0.05, 0) is 58.7 Å². The monoisotopic (exact) mass is 388 g/mol. The molecular formula is C28H24N2. The number of anilines is 2. The molecule has 0 aliphatic rings. The molecule has 4 aromatic carbocycles. The van der Waals surface area contributed by atoms with E-state index in [1.807, 2.05) is 48.8 Å². The predicted molar refractivity (Wildman–Crippen MR) is 130 cm³/mol. The lowest BCUT2D eigenvalue weighted by molar-refractivity contribution is 1.55. The molecular weight excluding hydrogens is 364 g/mol. The van der Waals surface area contributed by atoms with Crippen LogP contribution < -0.4 is 10.6 Å². The van der Waals surface area contributed by atoms with Crippen LogP contribution in [0.4, 0.5) is 11.4 Å². The Morgan fingerprint density at radius 1 is 0.400 bits per heavy atom. The van der Waals surface area contributed by atoms with Crippen LogP contribution in [0.5, 0.6) is 0 Å². The van der Waals surface area contributed by atoms with Crippen molar-refractivity contribution in [3.8, 4) is 11.1 Å². The normalized spacial score (nSPS) is 11.1. The van der Waals surface area contributed by atoms with Crippen LogP contribution in [0.1, 0.15) is 11.1 Å². The minimum absolute atomic E-state index is 1.07. The Morgan fingerprint density at radius 2 is 0.767 bits per heavy atom. The zero-order chi connectivity index (χ0) is 20.4. The molecule has 4 aromatic rings. The van der Waals surface area contributed by atoms with Gasteiger partial charge in [0, 0.05) is 23.8 Å². The van der Waals surface area contributed by atoms with Crippen molar-refractivity contribution in [3.05, 3.63) is 133 Å². The van der Waals surface area contributed by atoms with E-state index in [0.717, 1.165) is 11.4 Å². The molecule has 2 heteroatoms. The van der Waals surface area contributed by atoms with Crippen LogP contribution in [0.15, 0.2) is 122 Å². The Balaban J connectivity index is 1.33. The first-order valence-corrected chi connectivity index (χ1v) is 10.0. The van der Waals surface area contributed by atoms with Gasteiger partial charge in [-0.3, -0.25) is 0 Å². The third-order valence-corrected chi connectivity index (χ3v) is 4.75. The summed E-state index contributed by atoms with van der Waals surface area (Å²) in [5.41, 5.74) is 6.87. The molecule has 0 spiro atoms. The topological polar surface area (TPSA) is 24.1 Å². The first kappa shape index (κ1) is 19.3. The highest BCUT2D eigenvalue weighted by atomic mass is 14.8. The average Bonchev–Trinajstić information content (AvgIpc) is 2.82. The van der Waals surface area contributed by atoms with Gasteiger partial charge in [0.15, 0.2) is 0 Å². The lowest BCUT2D eigenvalue weighted by atomic mass is 10.1. The molecule has 2 nitrogen and oxygen atoms in total. The molecule has 0 saturated carbocycles. The Bertz CT molecular complexity index is 1000. The van der Waals surface area contributed by atoms with E-state index in [0.29, 0.717) is 0 Å². The van der Waals surface area contributed by atoms with Gasteiger partial charge < -0.3 is 10.6 Å². The highest BCUT2D eigenvalue weighted by Gasteiger charge is 1.98. The van der Waals surface area contributed by atoms with Gasteiger partial charge in [0.2, 0.25) is 0 Å². The maximum absolute atomic E-state index is 3.32. The molecule has 0 radical (unpaired) electrons. The Hall–Kier alpha value is -4.04. The summed E-state index contributed by atoms with van der Waals surface area (Å²) in [6.45, 7) is 0. The fourth-order valence-corrected chi connectivity index (χ4v) is 3.11. The van der Waals surface area contributed by atoms with E-state index in [2.05, 4.69) is 95.6 Å². The standard InChI is InChI=1S/C28H24N2/c1-3-7-23(8-4-1)19-21-29-27-15-11-25(12-16-27)26-13-17-28(18-14-26)30-22-20-24-9-5-2-6-10-24/h1-22,29-30H. The minimum atomic E-state index is 1.07. The first-order chi connectivity index (χ1) is 14.9. The zero-order valence-electron chi connectivity index (χ0n) is 16.7. The van der Waals surface area contributed by atoms with Crippen molar-refractivity contribution in [2.45, 2.75) is 0 Å². The molecule has 0 atom stereocenters. The summed E-state index contributed by atoms with van der Waals surface area (Å²) in [5, 5.41) is 6.64.